The third kappa shape index (κ3) is 2.97. The predicted octanol–water partition coefficient (Wildman–Crippen LogP) is 4.66. The Balaban J connectivity index is 1.94. The number of rotatable bonds is 5. The van der Waals surface area contributed by atoms with Crippen molar-refractivity contribution in [3.63, 3.8) is 0 Å². The molecule has 0 radical (unpaired) electrons. The van der Waals surface area contributed by atoms with Gasteiger partial charge < -0.3 is 14.5 Å². The zero-order valence-corrected chi connectivity index (χ0v) is 12.9. The number of hydrogen-bond acceptors (Lipinski definition) is 4. The molecule has 0 atom stereocenters. The number of aldehydes is 1. The van der Waals surface area contributed by atoms with Gasteiger partial charge in [-0.05, 0) is 42.7 Å². The largest absolute Gasteiger partial charge is 0.423 e. The number of aromatic nitrogens is 1. The average molecular weight is 315 g/mol. The highest BCUT2D eigenvalue weighted by atomic mass is 35.5. The van der Waals surface area contributed by atoms with E-state index in [0.29, 0.717) is 29.5 Å². The summed E-state index contributed by atoms with van der Waals surface area (Å²) >= 11 is 6.12. The first-order chi connectivity index (χ1) is 10.7. The van der Waals surface area contributed by atoms with Crippen LogP contribution in [-0.4, -0.2) is 11.3 Å². The van der Waals surface area contributed by atoms with E-state index in [9.17, 15) is 4.79 Å². The maximum atomic E-state index is 10.5. The molecule has 3 aromatic rings. The van der Waals surface area contributed by atoms with Crippen LogP contribution in [0.25, 0.3) is 11.1 Å². The van der Waals surface area contributed by atoms with E-state index in [-0.39, 0.29) is 0 Å². The summed E-state index contributed by atoms with van der Waals surface area (Å²) in [6.45, 7) is 1.98. The van der Waals surface area contributed by atoms with Gasteiger partial charge in [0, 0.05) is 6.42 Å². The first-order valence-electron chi connectivity index (χ1n) is 7.02. The Bertz CT molecular complexity index is 827. The lowest BCUT2D eigenvalue weighted by Crippen LogP contribution is -1.90. The second-order valence-corrected chi connectivity index (χ2v) is 5.50. The van der Waals surface area contributed by atoms with Crippen LogP contribution in [0.15, 0.2) is 40.8 Å². The zero-order valence-electron chi connectivity index (χ0n) is 12.1. The van der Waals surface area contributed by atoms with Crippen LogP contribution in [0.5, 0.6) is 0 Å². The first kappa shape index (κ1) is 14.6. The summed E-state index contributed by atoms with van der Waals surface area (Å²) in [6, 6.07) is 11.8. The molecule has 0 amide bonds. The summed E-state index contributed by atoms with van der Waals surface area (Å²) in [7, 11) is 0. The summed E-state index contributed by atoms with van der Waals surface area (Å²) in [5.74, 6) is 0. The smallest absolute Gasteiger partial charge is 0.300 e. The van der Waals surface area contributed by atoms with Crippen LogP contribution in [0.1, 0.15) is 17.5 Å². The van der Waals surface area contributed by atoms with Gasteiger partial charge in [0.05, 0.1) is 10.7 Å². The number of nitrogens with zero attached hydrogens (tertiary/aromatic N) is 1. The molecule has 22 heavy (non-hydrogen) atoms. The quantitative estimate of drug-likeness (QED) is 0.696. The Morgan fingerprint density at radius 3 is 2.91 bits per heavy atom. The van der Waals surface area contributed by atoms with Crippen LogP contribution in [0.2, 0.25) is 5.02 Å². The van der Waals surface area contributed by atoms with Crippen molar-refractivity contribution in [3.8, 4) is 0 Å². The molecule has 0 bridgehead atoms. The lowest BCUT2D eigenvalue weighted by Gasteiger charge is -2.02. The molecule has 1 N–H and O–H groups in total. The second kappa shape index (κ2) is 6.20. The lowest BCUT2D eigenvalue weighted by atomic mass is 10.1. The molecule has 0 aliphatic heterocycles. The molecule has 4 nitrogen and oxygen atoms in total. The number of hydrogen-bond donors (Lipinski definition) is 1. The molecule has 0 aliphatic carbocycles. The molecule has 1 aromatic heterocycles. The zero-order chi connectivity index (χ0) is 15.5. The Labute approximate surface area is 133 Å². The van der Waals surface area contributed by atoms with Crippen LogP contribution in [0.3, 0.4) is 0 Å². The molecule has 5 heteroatoms. The van der Waals surface area contributed by atoms with Crippen molar-refractivity contribution in [2.75, 3.05) is 5.32 Å². The van der Waals surface area contributed by atoms with Crippen LogP contribution < -0.4 is 5.32 Å². The van der Waals surface area contributed by atoms with E-state index in [0.717, 1.165) is 28.6 Å². The van der Waals surface area contributed by atoms with Crippen molar-refractivity contribution in [1.29, 1.82) is 0 Å². The maximum absolute atomic E-state index is 10.5. The van der Waals surface area contributed by atoms with Crippen molar-refractivity contribution in [1.82, 2.24) is 4.98 Å². The van der Waals surface area contributed by atoms with Crippen LogP contribution >= 0.6 is 11.6 Å². The van der Waals surface area contributed by atoms with E-state index in [1.54, 1.807) is 6.07 Å². The number of para-hydroxylation sites is 1. The second-order valence-electron chi connectivity index (χ2n) is 5.09. The highest BCUT2D eigenvalue weighted by Gasteiger charge is 2.11. The van der Waals surface area contributed by atoms with Gasteiger partial charge in [-0.1, -0.05) is 29.8 Å². The number of benzene rings is 2. The number of aryl methyl sites for hydroxylation is 2. The molecule has 0 saturated heterocycles. The van der Waals surface area contributed by atoms with Crippen molar-refractivity contribution < 1.29 is 9.21 Å². The fourth-order valence-electron chi connectivity index (χ4n) is 2.37. The van der Waals surface area contributed by atoms with Gasteiger partial charge in [-0.25, -0.2) is 0 Å². The standard InChI is InChI=1S/C17H15ClN2O2/c1-11-9-12(5-4-8-21)10-15-16(11)20-17(22-15)19-14-7-3-2-6-13(14)18/h2-3,6-10H,4-5H2,1H3,(H,19,20). The van der Waals surface area contributed by atoms with E-state index in [1.165, 1.54) is 0 Å². The number of nitrogens with one attached hydrogen (secondary N) is 1. The molecular weight excluding hydrogens is 300 g/mol. The normalized spacial score (nSPS) is 10.8. The van der Waals surface area contributed by atoms with Gasteiger partial charge in [-0.2, -0.15) is 4.98 Å². The van der Waals surface area contributed by atoms with E-state index in [4.69, 9.17) is 16.0 Å². The molecule has 0 unspecified atom stereocenters. The van der Waals surface area contributed by atoms with E-state index in [1.807, 2.05) is 37.3 Å². The Kier molecular flexibility index (Phi) is 4.11. The molecule has 2 aromatic carbocycles. The summed E-state index contributed by atoms with van der Waals surface area (Å²) in [5, 5.41) is 3.69. The predicted molar refractivity (Wildman–Crippen MR) is 87.9 cm³/mol. The molecule has 3 rings (SSSR count). The molecule has 112 valence electrons. The fourth-order valence-corrected chi connectivity index (χ4v) is 2.55. The molecule has 0 aliphatic rings. The fraction of sp³-hybridized carbons (Fsp3) is 0.176. The van der Waals surface area contributed by atoms with Gasteiger partial charge in [0.25, 0.3) is 6.01 Å². The van der Waals surface area contributed by atoms with Crippen LogP contribution in [0.4, 0.5) is 11.7 Å². The van der Waals surface area contributed by atoms with Crippen molar-refractivity contribution in [2.45, 2.75) is 19.8 Å². The van der Waals surface area contributed by atoms with Gasteiger partial charge in [-0.15, -0.1) is 0 Å². The number of halogens is 1. The van der Waals surface area contributed by atoms with Gasteiger partial charge >= 0.3 is 0 Å². The number of carbonyl (C=O) groups excluding carboxylic acids is 1. The minimum atomic E-state index is 0.402. The van der Waals surface area contributed by atoms with Gasteiger partial charge in [0.15, 0.2) is 5.58 Å². The van der Waals surface area contributed by atoms with Gasteiger partial charge in [-0.3, -0.25) is 0 Å². The van der Waals surface area contributed by atoms with Gasteiger partial charge in [0.1, 0.15) is 11.8 Å². The Morgan fingerprint density at radius 1 is 1.32 bits per heavy atom. The summed E-state index contributed by atoms with van der Waals surface area (Å²) in [5.41, 5.74) is 4.35. The molecular formula is C17H15ClN2O2. The monoisotopic (exact) mass is 314 g/mol. The van der Waals surface area contributed by atoms with Crippen molar-refractivity contribution >= 4 is 40.7 Å². The number of fused-ring (bicyclic) bond motifs is 1. The highest BCUT2D eigenvalue weighted by Crippen LogP contribution is 2.28. The molecule has 0 saturated carbocycles. The average Bonchev–Trinajstić information content (AvgIpc) is 2.91. The third-order valence-corrected chi connectivity index (χ3v) is 3.74. The maximum Gasteiger partial charge on any atom is 0.300 e. The van der Waals surface area contributed by atoms with Crippen molar-refractivity contribution in [3.05, 3.63) is 52.5 Å². The van der Waals surface area contributed by atoms with E-state index >= 15 is 0 Å². The third-order valence-electron chi connectivity index (χ3n) is 3.41. The summed E-state index contributed by atoms with van der Waals surface area (Å²) < 4.78 is 5.76. The Morgan fingerprint density at radius 2 is 2.14 bits per heavy atom. The first-order valence-corrected chi connectivity index (χ1v) is 7.40. The van der Waals surface area contributed by atoms with Crippen molar-refractivity contribution in [2.24, 2.45) is 0 Å². The highest BCUT2D eigenvalue weighted by molar-refractivity contribution is 6.33. The molecule has 1 heterocycles. The summed E-state index contributed by atoms with van der Waals surface area (Å²) in [6.07, 6.45) is 2.13. The molecule has 0 fully saturated rings. The van der Waals surface area contributed by atoms with Crippen LogP contribution in [-0.2, 0) is 11.2 Å². The Hall–Kier alpha value is -2.33. The lowest BCUT2D eigenvalue weighted by molar-refractivity contribution is -0.107. The summed E-state index contributed by atoms with van der Waals surface area (Å²) in [4.78, 5) is 15.0. The number of anilines is 2. The van der Waals surface area contributed by atoms with E-state index < -0.39 is 0 Å². The SMILES string of the molecule is Cc1cc(CCC=O)cc2oc(Nc3ccccc3Cl)nc12. The number of oxazole rings is 1. The minimum absolute atomic E-state index is 0.402. The topological polar surface area (TPSA) is 55.1 Å². The number of carbonyl (C=O) groups is 1. The van der Waals surface area contributed by atoms with Crippen LogP contribution in [0, 0.1) is 6.92 Å². The van der Waals surface area contributed by atoms with E-state index in [2.05, 4.69) is 10.3 Å². The molecule has 0 spiro atoms. The van der Waals surface area contributed by atoms with Gasteiger partial charge in [0.2, 0.25) is 0 Å². The minimum Gasteiger partial charge on any atom is -0.423 e.